The van der Waals surface area contributed by atoms with Crippen LogP contribution in [-0.2, 0) is 0 Å². The van der Waals surface area contributed by atoms with Gasteiger partial charge in [-0.3, -0.25) is 0 Å². The van der Waals surface area contributed by atoms with Gasteiger partial charge in [0.05, 0.1) is 38.4 Å². The number of para-hydroxylation sites is 3. The summed E-state index contributed by atoms with van der Waals surface area (Å²) in [6.45, 7) is 0. The lowest BCUT2D eigenvalue weighted by Gasteiger charge is -2.36. The first kappa shape index (κ1) is 23.0. The van der Waals surface area contributed by atoms with Gasteiger partial charge >= 0.3 is 0 Å². The summed E-state index contributed by atoms with van der Waals surface area (Å²) in [4.78, 5) is 0. The molecule has 305 valence electrons. The van der Waals surface area contributed by atoms with Gasteiger partial charge in [0, 0.05) is 22.0 Å². The number of hydrogen-bond acceptors (Lipinski definition) is 2. The number of aromatic hydroxyl groups is 1. The number of phenolic OH excluding ortho intramolecular Hbond substituents is 1. The van der Waals surface area contributed by atoms with Crippen LogP contribution in [0.15, 0.2) is 242 Å². The minimum atomic E-state index is -3.44. The van der Waals surface area contributed by atoms with Gasteiger partial charge < -0.3 is 14.4 Å². The predicted octanol–water partition coefficient (Wildman–Crippen LogP) is 10.6. The van der Waals surface area contributed by atoms with Crippen molar-refractivity contribution in [2.45, 2.75) is 0 Å². The smallest absolute Gasteiger partial charge is 0.202 e. The lowest BCUT2D eigenvalue weighted by Crippen LogP contribution is -2.75. The SMILES string of the molecule is [2H]c1cc(-c2c([2H])c(-c3c([2H])c([2H])c([2H])c(-n4c5c([2H])c([2H])c([2H])c([2H])c5c5c([2H])c([2H])c([2H])c([2H])c54)c3[2H])c([2H])c3c2[B]c2c([2H])c([2H])c(-c4ccccc4[Si](c4ccccc4)(c4ccccc4)c4ccccc4)c([2H])c2O3)c(O)c([2H])c1[2H]. The van der Waals surface area contributed by atoms with E-state index in [2.05, 4.69) is 0 Å². The normalized spacial score (nSPS) is 16.3. The Morgan fingerprint density at radius 1 is 0.462 bits per heavy atom. The molecule has 0 unspecified atom stereocenters. The van der Waals surface area contributed by atoms with E-state index in [0.29, 0.717) is 5.56 Å². The third-order valence-corrected chi connectivity index (χ3v) is 16.5. The highest BCUT2D eigenvalue weighted by Gasteiger charge is 2.43. The molecule has 10 aromatic carbocycles. The van der Waals surface area contributed by atoms with Crippen LogP contribution in [0.2, 0.25) is 0 Å². The van der Waals surface area contributed by atoms with Crippen molar-refractivity contribution in [3.63, 3.8) is 0 Å². The standard InChI is InChI=1S/C60H41BNO2Si/c63-56-33-16-12-30-51(56)52-38-43(41-19-18-20-44(37-41)62-54-31-14-10-28-49(54)50-29-11-15-32-55(50)62)40-58-60(52)61-53-36-35-42(39-57(53)64-58)48-27-13-17-34-59(48)65(45-21-4-1-5-22-45,46-23-6-2-7-24-46)47-25-8-3-9-26-47/h1-40,63H/i10D,11D,12D,14D,15D,16D,18D,19D,20D,28D,29D,31D,32D,33D,35D,36D,37D,38D,39D,40D. The minimum absolute atomic E-state index is 0.0279. The zero-order chi connectivity index (χ0) is 60.7. The Bertz CT molecular complexity index is 4570. The van der Waals surface area contributed by atoms with E-state index in [4.69, 9.17) is 19.8 Å². The summed E-state index contributed by atoms with van der Waals surface area (Å²) >= 11 is 0. The summed E-state index contributed by atoms with van der Waals surface area (Å²) in [6.07, 6.45) is 0. The molecule has 65 heavy (non-hydrogen) atoms. The monoisotopic (exact) mass is 866 g/mol. The summed E-state index contributed by atoms with van der Waals surface area (Å²) < 4.78 is 192. The molecule has 0 saturated heterocycles. The molecule has 2 heterocycles. The van der Waals surface area contributed by atoms with Gasteiger partial charge in [0.1, 0.15) is 17.2 Å². The van der Waals surface area contributed by atoms with Crippen LogP contribution in [0.1, 0.15) is 27.4 Å². The molecule has 11 aromatic rings. The molecule has 1 aliphatic heterocycles. The van der Waals surface area contributed by atoms with Crippen molar-refractivity contribution in [1.82, 2.24) is 4.57 Å². The number of rotatable bonds is 8. The van der Waals surface area contributed by atoms with Gasteiger partial charge in [-0.1, -0.05) is 194 Å². The lowest BCUT2D eigenvalue weighted by molar-refractivity contribution is 0.477. The molecule has 1 radical (unpaired) electrons. The van der Waals surface area contributed by atoms with Gasteiger partial charge in [0.15, 0.2) is 8.07 Å². The maximum absolute atomic E-state index is 11.8. The molecule has 1 aliphatic rings. The summed E-state index contributed by atoms with van der Waals surface area (Å²) in [5.41, 5.74) is -4.27. The van der Waals surface area contributed by atoms with Gasteiger partial charge in [-0.15, -0.1) is 0 Å². The van der Waals surface area contributed by atoms with Crippen LogP contribution in [0.4, 0.5) is 0 Å². The number of aromatic nitrogens is 1. The zero-order valence-electron chi connectivity index (χ0n) is 53.9. The Balaban J connectivity index is 1.17. The molecule has 5 heteroatoms. The molecule has 0 amide bonds. The fourth-order valence-electron chi connectivity index (χ4n) is 8.84. The fourth-order valence-corrected chi connectivity index (χ4v) is 13.8. The number of phenols is 1. The molecular weight excluding hydrogens is 806 g/mol. The van der Waals surface area contributed by atoms with Gasteiger partial charge in [-0.05, 0) is 108 Å². The largest absolute Gasteiger partial charge is 0.507 e. The molecule has 1 N–H and O–H groups in total. The number of benzene rings is 10. The highest BCUT2D eigenvalue weighted by Crippen LogP contribution is 2.39. The van der Waals surface area contributed by atoms with E-state index in [1.54, 1.807) is 12.1 Å². The first-order chi connectivity index (χ1) is 40.5. The second-order valence-corrected chi connectivity index (χ2v) is 19.0. The molecule has 12 rings (SSSR count). The number of fused-ring (bicyclic) bond motifs is 5. The average molecular weight is 867 g/mol. The highest BCUT2D eigenvalue weighted by atomic mass is 28.3. The highest BCUT2D eigenvalue weighted by molar-refractivity contribution is 7.20. The number of nitrogens with zero attached hydrogens (tertiary/aromatic N) is 1. The fraction of sp³-hybridized carbons (Fsp3) is 0. The molecule has 0 saturated carbocycles. The maximum Gasteiger partial charge on any atom is 0.202 e. The van der Waals surface area contributed by atoms with E-state index in [-0.39, 0.29) is 22.2 Å². The number of ether oxygens (including phenoxy) is 1. The second kappa shape index (κ2) is 15.9. The van der Waals surface area contributed by atoms with Crippen molar-refractivity contribution in [2.75, 3.05) is 0 Å². The predicted molar refractivity (Wildman–Crippen MR) is 274 cm³/mol. The van der Waals surface area contributed by atoms with Gasteiger partial charge in [-0.25, -0.2) is 0 Å². The van der Waals surface area contributed by atoms with E-state index in [1.165, 1.54) is 7.28 Å². The summed E-state index contributed by atoms with van der Waals surface area (Å²) in [7, 11) is -2.19. The third-order valence-electron chi connectivity index (χ3n) is 11.6. The molecule has 0 atom stereocenters. The molecular formula is C60H41BNO2Si. The van der Waals surface area contributed by atoms with E-state index >= 15 is 0 Å². The Morgan fingerprint density at radius 2 is 1.06 bits per heavy atom. The van der Waals surface area contributed by atoms with Crippen LogP contribution in [-0.4, -0.2) is 25.0 Å². The Kier molecular flexibility index (Phi) is 5.63. The van der Waals surface area contributed by atoms with Crippen LogP contribution < -0.4 is 36.4 Å². The summed E-state index contributed by atoms with van der Waals surface area (Å²) in [5, 5.41) is 14.6. The van der Waals surface area contributed by atoms with Crippen molar-refractivity contribution < 1.29 is 37.3 Å². The van der Waals surface area contributed by atoms with Crippen molar-refractivity contribution in [3.8, 4) is 56.3 Å². The van der Waals surface area contributed by atoms with Crippen LogP contribution in [0.25, 0.3) is 60.9 Å². The van der Waals surface area contributed by atoms with Crippen molar-refractivity contribution in [3.05, 3.63) is 242 Å². The van der Waals surface area contributed by atoms with Gasteiger partial charge in [0.2, 0.25) is 7.28 Å². The maximum atomic E-state index is 11.8. The van der Waals surface area contributed by atoms with Crippen molar-refractivity contribution in [1.29, 1.82) is 0 Å². The third kappa shape index (κ3) is 6.43. The first-order valence-electron chi connectivity index (χ1n) is 30.5. The van der Waals surface area contributed by atoms with E-state index < -0.39 is 190 Å². The Morgan fingerprint density at radius 3 is 1.74 bits per heavy atom. The molecule has 1 aromatic heterocycles. The Hall–Kier alpha value is -8.12. The minimum Gasteiger partial charge on any atom is -0.507 e. The van der Waals surface area contributed by atoms with Crippen molar-refractivity contribution in [2.24, 2.45) is 0 Å². The quantitative estimate of drug-likeness (QED) is 0.122. The van der Waals surface area contributed by atoms with Crippen LogP contribution >= 0.6 is 0 Å². The average Bonchev–Trinajstić information content (AvgIpc) is 2.02. The molecule has 0 aliphatic carbocycles. The van der Waals surface area contributed by atoms with E-state index in [0.717, 1.165) is 31.4 Å². The summed E-state index contributed by atoms with van der Waals surface area (Å²) in [5.74, 6) is -1.82. The van der Waals surface area contributed by atoms with Crippen LogP contribution in [0.3, 0.4) is 0 Å². The van der Waals surface area contributed by atoms with E-state index in [1.807, 2.05) is 103 Å². The molecule has 0 fully saturated rings. The molecule has 0 bridgehead atoms. The zero-order valence-corrected chi connectivity index (χ0v) is 34.9. The topological polar surface area (TPSA) is 34.4 Å². The first-order valence-corrected chi connectivity index (χ1v) is 22.5. The van der Waals surface area contributed by atoms with Gasteiger partial charge in [0.25, 0.3) is 0 Å². The van der Waals surface area contributed by atoms with E-state index in [9.17, 15) is 17.4 Å². The van der Waals surface area contributed by atoms with Crippen LogP contribution in [0.5, 0.6) is 17.2 Å². The van der Waals surface area contributed by atoms with Crippen LogP contribution in [0, 0.1) is 0 Å². The molecule has 0 spiro atoms. The second-order valence-electron chi connectivity index (χ2n) is 15.2. The Labute approximate surface area is 408 Å². The lowest BCUT2D eigenvalue weighted by atomic mass is 9.59. The summed E-state index contributed by atoms with van der Waals surface area (Å²) in [6, 6.07) is 22.8. The van der Waals surface area contributed by atoms with Crippen molar-refractivity contribution >= 4 is 68.8 Å². The van der Waals surface area contributed by atoms with Gasteiger partial charge in [-0.2, -0.15) is 0 Å². The molecule has 3 nitrogen and oxygen atoms in total. The number of hydrogen-bond donors (Lipinski definition) is 1.